The predicted molar refractivity (Wildman–Crippen MR) is 113 cm³/mol. The predicted octanol–water partition coefficient (Wildman–Crippen LogP) is 2.31. The van der Waals surface area contributed by atoms with E-state index in [2.05, 4.69) is 14.8 Å². The van der Waals surface area contributed by atoms with Crippen molar-refractivity contribution < 1.29 is 23.8 Å². The number of hydrogen-bond donors (Lipinski definition) is 2. The minimum absolute atomic E-state index is 0.0480. The van der Waals surface area contributed by atoms with Crippen LogP contribution < -0.4 is 0 Å². The number of aliphatic hydroxyl groups is 1. The Hall–Kier alpha value is -2.88. The first-order chi connectivity index (χ1) is 15.4. The molecule has 2 saturated heterocycles. The Bertz CT molecular complexity index is 1180. The van der Waals surface area contributed by atoms with E-state index in [0.29, 0.717) is 30.2 Å². The van der Waals surface area contributed by atoms with Crippen molar-refractivity contribution in [2.45, 2.75) is 31.7 Å². The van der Waals surface area contributed by atoms with E-state index in [0.717, 1.165) is 43.1 Å². The van der Waals surface area contributed by atoms with E-state index >= 15 is 0 Å². The smallest absolute Gasteiger partial charge is 0.354 e. The van der Waals surface area contributed by atoms with E-state index < -0.39 is 17.6 Å². The summed E-state index contributed by atoms with van der Waals surface area (Å²) in [5, 5.41) is 20.1. The molecule has 2 N–H and O–H groups in total. The van der Waals surface area contributed by atoms with Crippen molar-refractivity contribution in [2.24, 2.45) is 0 Å². The quantitative estimate of drug-likeness (QED) is 0.631. The molecule has 32 heavy (non-hydrogen) atoms. The summed E-state index contributed by atoms with van der Waals surface area (Å²) in [5.74, 6) is -2.36. The number of benzene rings is 1. The fraction of sp³-hybridized carbons (Fsp3) is 0.391. The lowest BCUT2D eigenvalue weighted by Gasteiger charge is -2.37. The highest BCUT2D eigenvalue weighted by Gasteiger charge is 2.35. The monoisotopic (exact) mass is 442 g/mol. The number of nitrogens with zero attached hydrogens (tertiary/aromatic N) is 4. The van der Waals surface area contributed by atoms with Crippen molar-refractivity contribution >= 4 is 16.9 Å². The summed E-state index contributed by atoms with van der Waals surface area (Å²) in [6, 6.07) is 5.37. The molecule has 0 aliphatic carbocycles. The molecule has 0 spiro atoms. The average molecular weight is 442 g/mol. The Morgan fingerprint density at radius 3 is 2.75 bits per heavy atom. The van der Waals surface area contributed by atoms with Gasteiger partial charge in [-0.15, -0.1) is 0 Å². The molecule has 0 saturated carbocycles. The minimum atomic E-state index is -1.11. The summed E-state index contributed by atoms with van der Waals surface area (Å²) in [6.45, 7) is 4.06. The molecule has 0 bridgehead atoms. The van der Waals surface area contributed by atoms with Gasteiger partial charge < -0.3 is 14.8 Å². The summed E-state index contributed by atoms with van der Waals surface area (Å²) < 4.78 is 29.4. The van der Waals surface area contributed by atoms with Gasteiger partial charge in [0.1, 0.15) is 17.3 Å². The van der Waals surface area contributed by atoms with Crippen molar-refractivity contribution in [3.63, 3.8) is 0 Å². The maximum absolute atomic E-state index is 14.3. The molecular weight excluding hydrogens is 418 g/mol. The zero-order valence-electron chi connectivity index (χ0n) is 17.4. The molecule has 2 atom stereocenters. The molecule has 3 aromatic rings. The standard InChI is InChI=1S/C23H24F2N4O3/c24-16-2-1-14(20(25)5-16)10-29-11-15(19-7-21(23(31)32)26-8-22(19)29)9-27-3-4-28-13-18(30)6-17(28)12-27/h1-2,5,7-8,11,17-18,30H,3-4,6,9-10,12-13H2,(H,31,32)/t17-,18+/m0/s1. The highest BCUT2D eigenvalue weighted by molar-refractivity contribution is 5.92. The number of aromatic carboxylic acids is 1. The Balaban J connectivity index is 1.47. The molecule has 4 heterocycles. The molecule has 2 aliphatic rings. The van der Waals surface area contributed by atoms with Gasteiger partial charge in [0.2, 0.25) is 0 Å². The highest BCUT2D eigenvalue weighted by Crippen LogP contribution is 2.28. The fourth-order valence-corrected chi connectivity index (χ4v) is 4.93. The van der Waals surface area contributed by atoms with Crippen LogP contribution in [0.5, 0.6) is 0 Å². The largest absolute Gasteiger partial charge is 0.477 e. The van der Waals surface area contributed by atoms with Gasteiger partial charge in [0.25, 0.3) is 0 Å². The van der Waals surface area contributed by atoms with E-state index in [1.807, 2.05) is 10.8 Å². The molecule has 0 amide bonds. The molecule has 1 aromatic carbocycles. The second kappa shape index (κ2) is 8.23. The Morgan fingerprint density at radius 1 is 1.12 bits per heavy atom. The third-order valence-electron chi connectivity index (χ3n) is 6.50. The van der Waals surface area contributed by atoms with E-state index in [9.17, 15) is 23.8 Å². The number of aliphatic hydroxyl groups excluding tert-OH is 1. The summed E-state index contributed by atoms with van der Waals surface area (Å²) in [5.41, 5.74) is 1.92. The normalized spacial score (nSPS) is 21.8. The maximum atomic E-state index is 14.3. The first-order valence-corrected chi connectivity index (χ1v) is 10.7. The van der Waals surface area contributed by atoms with Crippen LogP contribution in [0.25, 0.3) is 10.9 Å². The zero-order valence-corrected chi connectivity index (χ0v) is 17.4. The summed E-state index contributed by atoms with van der Waals surface area (Å²) in [6.07, 6.45) is 3.87. The van der Waals surface area contributed by atoms with Gasteiger partial charge in [0.05, 0.1) is 24.4 Å². The number of fused-ring (bicyclic) bond motifs is 2. The first kappa shape index (κ1) is 21.0. The van der Waals surface area contributed by atoms with Gasteiger partial charge in [0, 0.05) is 62.0 Å². The van der Waals surface area contributed by atoms with Gasteiger partial charge in [-0.25, -0.2) is 18.6 Å². The molecule has 2 aromatic heterocycles. The lowest BCUT2D eigenvalue weighted by Crippen LogP contribution is -2.49. The second-order valence-corrected chi connectivity index (χ2v) is 8.68. The molecule has 9 heteroatoms. The van der Waals surface area contributed by atoms with Crippen LogP contribution in [0.3, 0.4) is 0 Å². The van der Waals surface area contributed by atoms with E-state index in [1.165, 1.54) is 18.3 Å². The summed E-state index contributed by atoms with van der Waals surface area (Å²) in [7, 11) is 0. The first-order valence-electron chi connectivity index (χ1n) is 10.7. The number of aromatic nitrogens is 2. The zero-order chi connectivity index (χ0) is 22.4. The molecule has 0 unspecified atom stereocenters. The number of piperazine rings is 1. The van der Waals surface area contributed by atoms with E-state index in [4.69, 9.17) is 0 Å². The van der Waals surface area contributed by atoms with Crippen molar-refractivity contribution in [2.75, 3.05) is 26.2 Å². The van der Waals surface area contributed by atoms with Gasteiger partial charge in [0.15, 0.2) is 0 Å². The molecule has 5 rings (SSSR count). The SMILES string of the molecule is O=C(O)c1cc2c(CN3CCN4C[C@H](O)C[C@H]4C3)cn(Cc3ccc(F)cc3F)c2cn1. The maximum Gasteiger partial charge on any atom is 0.354 e. The van der Waals surface area contributed by atoms with Crippen LogP contribution in [0.1, 0.15) is 28.0 Å². The number of carbonyl (C=O) groups is 1. The van der Waals surface area contributed by atoms with Crippen LogP contribution in [-0.2, 0) is 13.1 Å². The number of hydrogen-bond acceptors (Lipinski definition) is 5. The lowest BCUT2D eigenvalue weighted by atomic mass is 10.1. The van der Waals surface area contributed by atoms with Gasteiger partial charge >= 0.3 is 5.97 Å². The van der Waals surface area contributed by atoms with Gasteiger partial charge in [-0.05, 0) is 24.1 Å². The Kier molecular flexibility index (Phi) is 5.40. The van der Waals surface area contributed by atoms with Crippen LogP contribution in [0.15, 0.2) is 36.7 Å². The molecular formula is C23H24F2N4O3. The lowest BCUT2D eigenvalue weighted by molar-refractivity contribution is 0.0690. The fourth-order valence-electron chi connectivity index (χ4n) is 4.93. The minimum Gasteiger partial charge on any atom is -0.477 e. The molecule has 168 valence electrons. The third-order valence-corrected chi connectivity index (χ3v) is 6.50. The molecule has 7 nitrogen and oxygen atoms in total. The average Bonchev–Trinajstić information content (AvgIpc) is 3.29. The topological polar surface area (TPSA) is 81.8 Å². The van der Waals surface area contributed by atoms with Crippen LogP contribution in [-0.4, -0.2) is 73.9 Å². The Labute approximate surface area is 183 Å². The second-order valence-electron chi connectivity index (χ2n) is 8.68. The number of carboxylic acids is 1. The van der Waals surface area contributed by atoms with Crippen molar-refractivity contribution in [1.29, 1.82) is 0 Å². The Morgan fingerprint density at radius 2 is 1.97 bits per heavy atom. The van der Waals surface area contributed by atoms with Gasteiger partial charge in [-0.1, -0.05) is 6.07 Å². The van der Waals surface area contributed by atoms with Gasteiger partial charge in [-0.2, -0.15) is 0 Å². The van der Waals surface area contributed by atoms with Crippen molar-refractivity contribution in [3.05, 3.63) is 65.1 Å². The molecule has 2 fully saturated rings. The number of rotatable bonds is 5. The number of halogens is 2. The molecule has 0 radical (unpaired) electrons. The number of carboxylic acid groups (broad SMARTS) is 1. The van der Waals surface area contributed by atoms with E-state index in [-0.39, 0.29) is 18.3 Å². The van der Waals surface area contributed by atoms with Gasteiger partial charge in [-0.3, -0.25) is 9.80 Å². The van der Waals surface area contributed by atoms with Crippen molar-refractivity contribution in [1.82, 2.24) is 19.4 Å². The van der Waals surface area contributed by atoms with Crippen LogP contribution in [0.2, 0.25) is 0 Å². The van der Waals surface area contributed by atoms with E-state index in [1.54, 1.807) is 6.07 Å². The third kappa shape index (κ3) is 3.99. The number of pyridine rings is 1. The highest BCUT2D eigenvalue weighted by atomic mass is 19.1. The summed E-state index contributed by atoms with van der Waals surface area (Å²) in [4.78, 5) is 20.1. The van der Waals surface area contributed by atoms with Crippen LogP contribution in [0, 0.1) is 11.6 Å². The van der Waals surface area contributed by atoms with Crippen molar-refractivity contribution in [3.8, 4) is 0 Å². The van der Waals surface area contributed by atoms with Crippen LogP contribution in [0.4, 0.5) is 8.78 Å². The van der Waals surface area contributed by atoms with Crippen LogP contribution >= 0.6 is 0 Å². The molecule has 2 aliphatic heterocycles. The summed E-state index contributed by atoms with van der Waals surface area (Å²) >= 11 is 0.